The first kappa shape index (κ1) is 9.89. The van der Waals surface area contributed by atoms with Crippen LogP contribution < -0.4 is 5.73 Å². The van der Waals surface area contributed by atoms with Gasteiger partial charge in [-0.3, -0.25) is 0 Å². The van der Waals surface area contributed by atoms with Gasteiger partial charge in [0.2, 0.25) is 0 Å². The minimum Gasteiger partial charge on any atom is -0.319 e. The Morgan fingerprint density at radius 2 is 2.25 bits per heavy atom. The van der Waals surface area contributed by atoms with Gasteiger partial charge in [-0.05, 0) is 11.4 Å². The van der Waals surface area contributed by atoms with Crippen molar-refractivity contribution in [3.05, 3.63) is 21.3 Å². The second-order valence-electron chi connectivity index (χ2n) is 2.58. The predicted molar refractivity (Wildman–Crippen MR) is 46.9 cm³/mol. The first-order valence-electron chi connectivity index (χ1n) is 3.29. The normalized spacial score (nSPS) is 14.8. The lowest BCUT2D eigenvalue weighted by molar-refractivity contribution is -0.00604. The molecule has 0 spiro atoms. The van der Waals surface area contributed by atoms with Gasteiger partial charge in [0.1, 0.15) is 0 Å². The van der Waals surface area contributed by atoms with Crippen molar-refractivity contribution >= 4 is 22.9 Å². The largest absolute Gasteiger partial charge is 0.319 e. The van der Waals surface area contributed by atoms with Crippen LogP contribution in [0.3, 0.4) is 0 Å². The number of halogens is 3. The molecule has 1 atom stereocenters. The lowest BCUT2D eigenvalue weighted by Crippen LogP contribution is -2.29. The molecule has 2 N–H and O–H groups in total. The lowest BCUT2D eigenvalue weighted by atomic mass is 10.1. The van der Waals surface area contributed by atoms with Crippen LogP contribution in [0.1, 0.15) is 18.5 Å². The summed E-state index contributed by atoms with van der Waals surface area (Å²) in [4.78, 5) is 0. The molecule has 0 aliphatic rings. The molecule has 0 aliphatic heterocycles. The molecule has 1 heterocycles. The molecule has 0 aromatic carbocycles. The van der Waals surface area contributed by atoms with Crippen LogP contribution in [0.2, 0.25) is 4.34 Å². The molecule has 5 heteroatoms. The summed E-state index contributed by atoms with van der Waals surface area (Å²) in [5, 5.41) is 1.64. The molecule has 68 valence electrons. The summed E-state index contributed by atoms with van der Waals surface area (Å²) in [5.74, 6) is -2.93. The number of rotatable bonds is 2. The van der Waals surface area contributed by atoms with Crippen LogP contribution in [0.4, 0.5) is 8.78 Å². The molecule has 0 saturated heterocycles. The van der Waals surface area contributed by atoms with Crippen LogP contribution in [0.25, 0.3) is 0 Å². The first-order valence-corrected chi connectivity index (χ1v) is 4.55. The summed E-state index contributed by atoms with van der Waals surface area (Å²) < 4.78 is 25.7. The average Bonchev–Trinajstić information content (AvgIpc) is 2.31. The van der Waals surface area contributed by atoms with E-state index >= 15 is 0 Å². The molecule has 0 saturated carbocycles. The van der Waals surface area contributed by atoms with Gasteiger partial charge >= 0.3 is 0 Å². The summed E-state index contributed by atoms with van der Waals surface area (Å²) in [7, 11) is 0. The van der Waals surface area contributed by atoms with Crippen LogP contribution in [0.5, 0.6) is 0 Å². The van der Waals surface area contributed by atoms with Gasteiger partial charge in [0, 0.05) is 12.5 Å². The Labute approximate surface area is 78.1 Å². The molecule has 0 fully saturated rings. The summed E-state index contributed by atoms with van der Waals surface area (Å²) in [5.41, 5.74) is 5.60. The highest BCUT2D eigenvalue weighted by molar-refractivity contribution is 7.14. The van der Waals surface area contributed by atoms with Crippen molar-refractivity contribution in [3.63, 3.8) is 0 Å². The fourth-order valence-corrected chi connectivity index (χ4v) is 1.80. The molecule has 1 aromatic heterocycles. The van der Waals surface area contributed by atoms with E-state index in [1.807, 2.05) is 0 Å². The van der Waals surface area contributed by atoms with Gasteiger partial charge in [0.25, 0.3) is 5.92 Å². The summed E-state index contributed by atoms with van der Waals surface area (Å²) >= 11 is 6.85. The maximum Gasteiger partial charge on any atom is 0.264 e. The standard InChI is InChI=1S/C7H8ClF2NS/c1-7(9,10)5(11)4-2-3-12-6(4)8/h2-3,5H,11H2,1H3. The van der Waals surface area contributed by atoms with E-state index in [4.69, 9.17) is 17.3 Å². The van der Waals surface area contributed by atoms with Gasteiger partial charge in [0.05, 0.1) is 10.4 Å². The number of thiophene rings is 1. The van der Waals surface area contributed by atoms with Crippen molar-refractivity contribution in [3.8, 4) is 0 Å². The van der Waals surface area contributed by atoms with E-state index in [1.54, 1.807) is 5.38 Å². The Kier molecular flexibility index (Phi) is 2.70. The Morgan fingerprint density at radius 1 is 1.67 bits per heavy atom. The average molecular weight is 212 g/mol. The Hall–Kier alpha value is -0.190. The molecular weight excluding hydrogens is 204 g/mol. The zero-order chi connectivity index (χ0) is 9.35. The van der Waals surface area contributed by atoms with E-state index in [0.29, 0.717) is 9.90 Å². The molecule has 0 amide bonds. The molecule has 1 rings (SSSR count). The summed E-state index contributed by atoms with van der Waals surface area (Å²) in [6, 6.07) is 0.214. The topological polar surface area (TPSA) is 26.0 Å². The summed E-state index contributed by atoms with van der Waals surface area (Å²) in [6.45, 7) is 0.783. The van der Waals surface area contributed by atoms with Gasteiger partial charge in [0.15, 0.2) is 0 Å². The van der Waals surface area contributed by atoms with Crippen LogP contribution >= 0.6 is 22.9 Å². The molecule has 1 unspecified atom stereocenters. The number of nitrogens with two attached hydrogens (primary N) is 1. The van der Waals surface area contributed by atoms with E-state index in [2.05, 4.69) is 0 Å². The highest BCUT2D eigenvalue weighted by Crippen LogP contribution is 2.35. The lowest BCUT2D eigenvalue weighted by Gasteiger charge is -2.18. The van der Waals surface area contributed by atoms with Crippen LogP contribution in [-0.2, 0) is 0 Å². The van der Waals surface area contributed by atoms with Crippen molar-refractivity contribution in [2.45, 2.75) is 18.9 Å². The zero-order valence-corrected chi connectivity index (χ0v) is 7.92. The molecule has 12 heavy (non-hydrogen) atoms. The van der Waals surface area contributed by atoms with E-state index < -0.39 is 12.0 Å². The van der Waals surface area contributed by atoms with Crippen molar-refractivity contribution in [2.24, 2.45) is 5.73 Å². The van der Waals surface area contributed by atoms with Gasteiger partial charge in [-0.2, -0.15) is 0 Å². The van der Waals surface area contributed by atoms with E-state index in [9.17, 15) is 8.78 Å². The molecule has 1 nitrogen and oxygen atoms in total. The molecule has 1 aromatic rings. The Bertz CT molecular complexity index is 269. The third kappa shape index (κ3) is 1.94. The predicted octanol–water partition coefficient (Wildman–Crippen LogP) is 3.06. The van der Waals surface area contributed by atoms with Crippen molar-refractivity contribution in [1.82, 2.24) is 0 Å². The van der Waals surface area contributed by atoms with Crippen molar-refractivity contribution < 1.29 is 8.78 Å². The second kappa shape index (κ2) is 3.28. The van der Waals surface area contributed by atoms with Gasteiger partial charge in [-0.15, -0.1) is 11.3 Å². The highest BCUT2D eigenvalue weighted by Gasteiger charge is 2.33. The minimum atomic E-state index is -2.93. The second-order valence-corrected chi connectivity index (χ2v) is 4.10. The monoisotopic (exact) mass is 211 g/mol. The zero-order valence-electron chi connectivity index (χ0n) is 6.35. The van der Waals surface area contributed by atoms with Crippen LogP contribution in [0.15, 0.2) is 11.4 Å². The van der Waals surface area contributed by atoms with Crippen molar-refractivity contribution in [1.29, 1.82) is 0 Å². The van der Waals surface area contributed by atoms with Gasteiger partial charge in [-0.1, -0.05) is 11.6 Å². The number of alkyl halides is 2. The van der Waals surface area contributed by atoms with Crippen molar-refractivity contribution in [2.75, 3.05) is 0 Å². The van der Waals surface area contributed by atoms with E-state index in [1.165, 1.54) is 17.4 Å². The smallest absolute Gasteiger partial charge is 0.264 e. The Balaban J connectivity index is 2.92. The maximum atomic E-state index is 12.7. The molecule has 0 bridgehead atoms. The van der Waals surface area contributed by atoms with Gasteiger partial charge < -0.3 is 5.73 Å². The highest BCUT2D eigenvalue weighted by atomic mass is 35.5. The molecular formula is C7H8ClF2NS. The quantitative estimate of drug-likeness (QED) is 0.800. The maximum absolute atomic E-state index is 12.7. The third-order valence-corrected chi connectivity index (χ3v) is 2.73. The van der Waals surface area contributed by atoms with Crippen LogP contribution in [-0.4, -0.2) is 5.92 Å². The minimum absolute atomic E-state index is 0.314. The summed E-state index contributed by atoms with van der Waals surface area (Å²) in [6.07, 6.45) is 0. The molecule has 0 aliphatic carbocycles. The molecule has 0 radical (unpaired) electrons. The SMILES string of the molecule is CC(F)(F)C(N)c1ccsc1Cl. The van der Waals surface area contributed by atoms with E-state index in [-0.39, 0.29) is 0 Å². The first-order chi connectivity index (χ1) is 5.43. The van der Waals surface area contributed by atoms with Gasteiger partial charge in [-0.25, -0.2) is 8.78 Å². The Morgan fingerprint density at radius 3 is 2.58 bits per heavy atom. The third-order valence-electron chi connectivity index (χ3n) is 1.53. The fraction of sp³-hybridized carbons (Fsp3) is 0.429. The fourth-order valence-electron chi connectivity index (χ4n) is 0.800. The number of hydrogen-bond donors (Lipinski definition) is 1. The van der Waals surface area contributed by atoms with E-state index in [0.717, 1.165) is 6.92 Å². The van der Waals surface area contributed by atoms with Crippen LogP contribution in [0, 0.1) is 0 Å². The number of hydrogen-bond acceptors (Lipinski definition) is 2.